The predicted octanol–water partition coefficient (Wildman–Crippen LogP) is 0.892. The lowest BCUT2D eigenvalue weighted by Gasteiger charge is -2.36. The van der Waals surface area contributed by atoms with Crippen LogP contribution in [0.2, 0.25) is 0 Å². The van der Waals surface area contributed by atoms with Gasteiger partial charge in [-0.1, -0.05) is 0 Å². The average Bonchev–Trinajstić information content (AvgIpc) is 2.62. The minimum absolute atomic E-state index is 0.0719. The topological polar surface area (TPSA) is 36.0 Å². The summed E-state index contributed by atoms with van der Waals surface area (Å²) in [5.74, 6) is 0. The first-order valence-electron chi connectivity index (χ1n) is 5.66. The lowest BCUT2D eigenvalue weighted by atomic mass is 10.2. The summed E-state index contributed by atoms with van der Waals surface area (Å²) >= 11 is 0. The number of nitrogens with zero attached hydrogens (tertiary/aromatic N) is 3. The van der Waals surface area contributed by atoms with Crippen LogP contribution in [0.5, 0.6) is 0 Å². The third kappa shape index (κ3) is 2.29. The van der Waals surface area contributed by atoms with Crippen molar-refractivity contribution < 1.29 is 9.53 Å². The fraction of sp³-hybridized carbons (Fsp3) is 0.727. The van der Waals surface area contributed by atoms with Crippen molar-refractivity contribution >= 4 is 6.03 Å². The zero-order chi connectivity index (χ0) is 11.7. The van der Waals surface area contributed by atoms with E-state index in [2.05, 4.69) is 0 Å². The Balaban J connectivity index is 1.96. The van der Waals surface area contributed by atoms with E-state index < -0.39 is 0 Å². The molecule has 90 valence electrons. The second-order valence-corrected chi connectivity index (χ2v) is 4.61. The summed E-state index contributed by atoms with van der Waals surface area (Å²) in [7, 11) is 1.95. The maximum absolute atomic E-state index is 12.2. The normalized spacial score (nSPS) is 30.1. The molecule has 2 aliphatic heterocycles. The molecule has 2 atom stereocenters. The van der Waals surface area contributed by atoms with Crippen molar-refractivity contribution in [3.8, 4) is 0 Å². The highest BCUT2D eigenvalue weighted by atomic mass is 16.5. The Morgan fingerprint density at radius 1 is 1.25 bits per heavy atom. The van der Waals surface area contributed by atoms with Crippen molar-refractivity contribution in [3.63, 3.8) is 0 Å². The van der Waals surface area contributed by atoms with Gasteiger partial charge in [-0.05, 0) is 13.8 Å². The molecule has 2 aliphatic rings. The molecule has 0 aromatic carbocycles. The van der Waals surface area contributed by atoms with Crippen LogP contribution in [0.15, 0.2) is 12.4 Å². The van der Waals surface area contributed by atoms with Gasteiger partial charge in [-0.25, -0.2) is 4.79 Å². The number of ether oxygens (including phenoxy) is 1. The van der Waals surface area contributed by atoms with Crippen LogP contribution >= 0.6 is 0 Å². The van der Waals surface area contributed by atoms with Gasteiger partial charge in [-0.3, -0.25) is 4.90 Å². The van der Waals surface area contributed by atoms with Crippen molar-refractivity contribution in [1.29, 1.82) is 0 Å². The second kappa shape index (κ2) is 4.33. The first-order chi connectivity index (χ1) is 7.56. The second-order valence-electron chi connectivity index (χ2n) is 4.61. The summed E-state index contributed by atoms with van der Waals surface area (Å²) in [5.41, 5.74) is 0. The van der Waals surface area contributed by atoms with E-state index in [0.717, 1.165) is 0 Å². The molecule has 0 radical (unpaired) electrons. The molecule has 2 heterocycles. The van der Waals surface area contributed by atoms with E-state index in [-0.39, 0.29) is 18.2 Å². The van der Waals surface area contributed by atoms with Gasteiger partial charge in [0.05, 0.1) is 18.9 Å². The Morgan fingerprint density at radius 3 is 2.38 bits per heavy atom. The van der Waals surface area contributed by atoms with Crippen LogP contribution in [0.1, 0.15) is 13.8 Å². The number of hydrogen-bond donors (Lipinski definition) is 0. The monoisotopic (exact) mass is 225 g/mol. The summed E-state index contributed by atoms with van der Waals surface area (Å²) in [6.45, 7) is 6.00. The average molecular weight is 225 g/mol. The number of rotatable bonds is 0. The fourth-order valence-corrected chi connectivity index (χ4v) is 2.17. The highest BCUT2D eigenvalue weighted by Crippen LogP contribution is 2.14. The van der Waals surface area contributed by atoms with Crippen molar-refractivity contribution in [3.05, 3.63) is 12.4 Å². The summed E-state index contributed by atoms with van der Waals surface area (Å²) in [5, 5.41) is 0. The van der Waals surface area contributed by atoms with E-state index in [4.69, 9.17) is 4.74 Å². The summed E-state index contributed by atoms with van der Waals surface area (Å²) in [6.07, 6.45) is 3.98. The summed E-state index contributed by atoms with van der Waals surface area (Å²) < 4.78 is 5.61. The molecule has 0 aromatic heterocycles. The SMILES string of the molecule is CC1CN(C(=O)N2C=CN(C)C2)CC(C)O1. The molecular formula is C11H19N3O2. The van der Waals surface area contributed by atoms with Gasteiger partial charge >= 0.3 is 6.03 Å². The van der Waals surface area contributed by atoms with Gasteiger partial charge in [0.15, 0.2) is 0 Å². The van der Waals surface area contributed by atoms with Gasteiger partial charge in [0.2, 0.25) is 0 Å². The Hall–Kier alpha value is -1.23. The van der Waals surface area contributed by atoms with Crippen molar-refractivity contribution in [2.24, 2.45) is 0 Å². The van der Waals surface area contributed by atoms with Gasteiger partial charge in [0.1, 0.15) is 0 Å². The van der Waals surface area contributed by atoms with Crippen LogP contribution in [-0.2, 0) is 4.74 Å². The van der Waals surface area contributed by atoms with E-state index in [1.54, 1.807) is 4.90 Å². The molecule has 5 heteroatoms. The standard InChI is InChI=1S/C11H19N3O2/c1-9-6-14(7-10(2)16-9)11(15)13-5-4-12(3)8-13/h4-5,9-10H,6-8H2,1-3H3. The third-order valence-corrected chi connectivity index (χ3v) is 2.81. The van der Waals surface area contributed by atoms with Gasteiger partial charge < -0.3 is 14.5 Å². The lowest BCUT2D eigenvalue weighted by molar-refractivity contribution is -0.0573. The van der Waals surface area contributed by atoms with E-state index >= 15 is 0 Å². The van der Waals surface area contributed by atoms with E-state index in [1.165, 1.54) is 0 Å². The molecule has 2 amide bonds. The van der Waals surface area contributed by atoms with Gasteiger partial charge in [0.25, 0.3) is 0 Å². The first-order valence-corrected chi connectivity index (χ1v) is 5.66. The van der Waals surface area contributed by atoms with Crippen molar-refractivity contribution in [2.75, 3.05) is 26.8 Å². The maximum Gasteiger partial charge on any atom is 0.325 e. The van der Waals surface area contributed by atoms with Crippen LogP contribution in [-0.4, -0.2) is 59.7 Å². The molecule has 0 saturated carbocycles. The maximum atomic E-state index is 12.2. The van der Waals surface area contributed by atoms with Gasteiger partial charge in [-0.15, -0.1) is 0 Å². The van der Waals surface area contributed by atoms with Crippen LogP contribution in [0, 0.1) is 0 Å². The van der Waals surface area contributed by atoms with Crippen molar-refractivity contribution in [2.45, 2.75) is 26.1 Å². The van der Waals surface area contributed by atoms with E-state index in [9.17, 15) is 4.79 Å². The fourth-order valence-electron chi connectivity index (χ4n) is 2.17. The largest absolute Gasteiger partial charge is 0.372 e. The first kappa shape index (κ1) is 11.3. The lowest BCUT2D eigenvalue weighted by Crippen LogP contribution is -2.51. The van der Waals surface area contributed by atoms with E-state index in [0.29, 0.717) is 19.8 Å². The highest BCUT2D eigenvalue weighted by Gasteiger charge is 2.29. The molecule has 2 rings (SSSR count). The number of carbonyl (C=O) groups excluding carboxylic acids is 1. The summed E-state index contributed by atoms with van der Waals surface area (Å²) in [4.78, 5) is 17.7. The molecule has 5 nitrogen and oxygen atoms in total. The number of hydrogen-bond acceptors (Lipinski definition) is 3. The Bertz CT molecular complexity index is 296. The predicted molar refractivity (Wildman–Crippen MR) is 60.6 cm³/mol. The molecule has 0 aromatic rings. The number of urea groups is 1. The Kier molecular flexibility index (Phi) is 3.05. The molecule has 0 spiro atoms. The molecule has 1 fully saturated rings. The van der Waals surface area contributed by atoms with Crippen LogP contribution in [0.3, 0.4) is 0 Å². The molecule has 2 unspecified atom stereocenters. The smallest absolute Gasteiger partial charge is 0.325 e. The Morgan fingerprint density at radius 2 is 1.88 bits per heavy atom. The number of carbonyl (C=O) groups is 1. The zero-order valence-corrected chi connectivity index (χ0v) is 10.1. The van der Waals surface area contributed by atoms with Crippen LogP contribution < -0.4 is 0 Å². The minimum atomic E-state index is 0.0719. The van der Waals surface area contributed by atoms with Crippen LogP contribution in [0.25, 0.3) is 0 Å². The molecule has 0 bridgehead atoms. The molecular weight excluding hydrogens is 206 g/mol. The molecule has 16 heavy (non-hydrogen) atoms. The highest BCUT2D eigenvalue weighted by molar-refractivity contribution is 5.76. The molecule has 1 saturated heterocycles. The number of amides is 2. The molecule has 0 N–H and O–H groups in total. The zero-order valence-electron chi connectivity index (χ0n) is 10.1. The number of morpholine rings is 1. The van der Waals surface area contributed by atoms with Crippen molar-refractivity contribution in [1.82, 2.24) is 14.7 Å². The quantitative estimate of drug-likeness (QED) is 0.614. The van der Waals surface area contributed by atoms with E-state index in [1.807, 2.05) is 43.1 Å². The third-order valence-electron chi connectivity index (χ3n) is 2.81. The van der Waals surface area contributed by atoms with Gasteiger partial charge in [0, 0.05) is 32.5 Å². The molecule has 0 aliphatic carbocycles. The Labute approximate surface area is 96.2 Å². The van der Waals surface area contributed by atoms with Crippen LogP contribution in [0.4, 0.5) is 4.79 Å². The minimum Gasteiger partial charge on any atom is -0.372 e. The van der Waals surface area contributed by atoms with Gasteiger partial charge in [-0.2, -0.15) is 0 Å². The summed E-state index contributed by atoms with van der Waals surface area (Å²) in [6, 6.07) is 0.0719.